The summed E-state index contributed by atoms with van der Waals surface area (Å²) in [6.45, 7) is 2.04. The Morgan fingerprint density at radius 1 is 1.25 bits per heavy atom. The number of rotatable bonds is 5. The Balaban J connectivity index is 2.04. The largest absolute Gasteiger partial charge is 0.289 e. The molecule has 0 radical (unpaired) electrons. The molecule has 0 bridgehead atoms. The van der Waals surface area contributed by atoms with Crippen LogP contribution >= 0.6 is 39.3 Å². The third kappa shape index (κ3) is 4.93. The molecule has 2 N–H and O–H groups in total. The van der Waals surface area contributed by atoms with E-state index in [1.165, 1.54) is 18.0 Å². The number of thioether (sulfide) groups is 1. The van der Waals surface area contributed by atoms with Crippen LogP contribution < -0.4 is 10.9 Å². The molecule has 0 aliphatic carbocycles. The molecule has 0 atom stereocenters. The number of hydrogen-bond acceptors (Lipinski definition) is 5. The molecule has 0 saturated heterocycles. The van der Waals surface area contributed by atoms with Crippen LogP contribution in [0.2, 0.25) is 5.02 Å². The lowest BCUT2D eigenvalue weighted by Gasteiger charge is -2.09. The maximum atomic E-state index is 12.2. The highest BCUT2D eigenvalue weighted by Gasteiger charge is 2.16. The van der Waals surface area contributed by atoms with Gasteiger partial charge in [0.05, 0.1) is 16.8 Å². The van der Waals surface area contributed by atoms with E-state index in [9.17, 15) is 9.59 Å². The summed E-state index contributed by atoms with van der Waals surface area (Å²) in [7, 11) is 0. The van der Waals surface area contributed by atoms with Crippen molar-refractivity contribution in [1.29, 1.82) is 0 Å². The number of carbonyl (C=O) groups is 2. The van der Waals surface area contributed by atoms with Gasteiger partial charge in [-0.15, -0.1) is 0 Å². The van der Waals surface area contributed by atoms with Crippen molar-refractivity contribution < 1.29 is 9.59 Å². The predicted molar refractivity (Wildman–Crippen MR) is 97.1 cm³/mol. The van der Waals surface area contributed by atoms with Gasteiger partial charge < -0.3 is 0 Å². The Morgan fingerprint density at radius 2 is 1.96 bits per heavy atom. The van der Waals surface area contributed by atoms with E-state index in [1.54, 1.807) is 24.3 Å². The number of hydrazine groups is 1. The maximum absolute atomic E-state index is 12.2. The molecule has 0 unspecified atom stereocenters. The normalized spacial score (nSPS) is 10.3. The summed E-state index contributed by atoms with van der Waals surface area (Å²) in [5, 5.41) is 0.576. The molecular weight excluding hydrogens is 416 g/mol. The second-order valence-corrected chi connectivity index (χ2v) is 6.91. The maximum Gasteiger partial charge on any atom is 0.289 e. The molecule has 2 amide bonds. The molecular formula is C15H14BrClN4O2S. The number of nitrogens with zero attached hydrogens (tertiary/aromatic N) is 2. The summed E-state index contributed by atoms with van der Waals surface area (Å²) in [4.78, 5) is 32.4. The summed E-state index contributed by atoms with van der Waals surface area (Å²) in [5.74, 6) is -0.232. The molecule has 0 aliphatic heterocycles. The number of halogens is 2. The summed E-state index contributed by atoms with van der Waals surface area (Å²) in [5.41, 5.74) is 5.04. The average Bonchev–Trinajstić information content (AvgIpc) is 2.59. The van der Waals surface area contributed by atoms with Gasteiger partial charge in [-0.1, -0.05) is 42.4 Å². The molecule has 1 aromatic carbocycles. The average molecular weight is 430 g/mol. The van der Waals surface area contributed by atoms with Crippen LogP contribution in [0.5, 0.6) is 0 Å². The van der Waals surface area contributed by atoms with E-state index in [-0.39, 0.29) is 10.7 Å². The van der Waals surface area contributed by atoms with E-state index in [2.05, 4.69) is 36.7 Å². The number of hydrogen-bond donors (Lipinski definition) is 2. The van der Waals surface area contributed by atoms with Gasteiger partial charge in [0.15, 0.2) is 10.9 Å². The van der Waals surface area contributed by atoms with Gasteiger partial charge in [-0.25, -0.2) is 9.97 Å². The van der Waals surface area contributed by atoms with Crippen LogP contribution in [0.4, 0.5) is 0 Å². The van der Waals surface area contributed by atoms with Crippen LogP contribution in [0.1, 0.15) is 34.2 Å². The van der Waals surface area contributed by atoms with E-state index in [0.717, 1.165) is 12.2 Å². The van der Waals surface area contributed by atoms with Gasteiger partial charge >= 0.3 is 0 Å². The SMILES string of the molecule is CCCSc1ncc(Cl)c(C(=O)NNC(=O)c2ccccc2Br)n1. The molecule has 24 heavy (non-hydrogen) atoms. The third-order valence-corrected chi connectivity index (χ3v) is 4.82. The van der Waals surface area contributed by atoms with Crippen molar-refractivity contribution in [2.24, 2.45) is 0 Å². The molecule has 1 aromatic heterocycles. The van der Waals surface area contributed by atoms with E-state index < -0.39 is 11.8 Å². The molecule has 6 nitrogen and oxygen atoms in total. The highest BCUT2D eigenvalue weighted by atomic mass is 79.9. The highest BCUT2D eigenvalue weighted by molar-refractivity contribution is 9.10. The Labute approximate surface area is 156 Å². The van der Waals surface area contributed by atoms with Crippen molar-refractivity contribution in [3.63, 3.8) is 0 Å². The minimum Gasteiger partial charge on any atom is -0.267 e. The number of carbonyl (C=O) groups excluding carboxylic acids is 2. The lowest BCUT2D eigenvalue weighted by molar-refractivity contribution is 0.0843. The van der Waals surface area contributed by atoms with Crippen LogP contribution in [0.3, 0.4) is 0 Å². The molecule has 0 saturated carbocycles. The molecule has 2 aromatic rings. The third-order valence-electron chi connectivity index (χ3n) is 2.78. The zero-order valence-electron chi connectivity index (χ0n) is 12.7. The van der Waals surface area contributed by atoms with Crippen LogP contribution in [0.15, 0.2) is 40.1 Å². The lowest BCUT2D eigenvalue weighted by Crippen LogP contribution is -2.42. The van der Waals surface area contributed by atoms with Crippen molar-refractivity contribution in [2.75, 3.05) is 5.75 Å². The summed E-state index contributed by atoms with van der Waals surface area (Å²) < 4.78 is 0.620. The second kappa shape index (κ2) is 9.00. The number of nitrogens with one attached hydrogen (secondary N) is 2. The summed E-state index contributed by atoms with van der Waals surface area (Å²) in [6, 6.07) is 6.87. The van der Waals surface area contributed by atoms with Gasteiger partial charge in [0.25, 0.3) is 11.8 Å². The minimum atomic E-state index is -0.610. The Bertz CT molecular complexity index is 760. The second-order valence-electron chi connectivity index (χ2n) is 4.59. The number of amides is 2. The van der Waals surface area contributed by atoms with Crippen LogP contribution in [-0.4, -0.2) is 27.5 Å². The van der Waals surface area contributed by atoms with Crippen molar-refractivity contribution in [3.8, 4) is 0 Å². The van der Waals surface area contributed by atoms with Crippen LogP contribution in [-0.2, 0) is 0 Å². The smallest absolute Gasteiger partial charge is 0.267 e. The van der Waals surface area contributed by atoms with Gasteiger partial charge in [0.1, 0.15) is 0 Å². The minimum absolute atomic E-state index is 0.0118. The van der Waals surface area contributed by atoms with E-state index >= 15 is 0 Å². The first-order chi connectivity index (χ1) is 11.5. The van der Waals surface area contributed by atoms with Crippen molar-refractivity contribution >= 4 is 51.1 Å². The molecule has 0 fully saturated rings. The Hall–Kier alpha value is -1.64. The highest BCUT2D eigenvalue weighted by Crippen LogP contribution is 2.19. The van der Waals surface area contributed by atoms with Crippen LogP contribution in [0.25, 0.3) is 0 Å². The topological polar surface area (TPSA) is 84.0 Å². The monoisotopic (exact) mass is 428 g/mol. The van der Waals surface area contributed by atoms with Crippen LogP contribution in [0, 0.1) is 0 Å². The van der Waals surface area contributed by atoms with E-state index in [0.29, 0.717) is 15.2 Å². The molecule has 0 spiro atoms. The van der Waals surface area contributed by atoms with Gasteiger partial charge in [0, 0.05) is 10.2 Å². The van der Waals surface area contributed by atoms with Gasteiger partial charge in [-0.2, -0.15) is 0 Å². The zero-order chi connectivity index (χ0) is 17.5. The lowest BCUT2D eigenvalue weighted by atomic mass is 10.2. The first-order valence-electron chi connectivity index (χ1n) is 7.03. The fourth-order valence-corrected chi connectivity index (χ4v) is 2.97. The summed E-state index contributed by atoms with van der Waals surface area (Å²) >= 11 is 10.7. The first-order valence-corrected chi connectivity index (χ1v) is 9.19. The molecule has 0 aliphatic rings. The van der Waals surface area contributed by atoms with E-state index in [1.807, 2.05) is 6.92 Å². The van der Waals surface area contributed by atoms with Crippen molar-refractivity contribution in [2.45, 2.75) is 18.5 Å². The van der Waals surface area contributed by atoms with Gasteiger partial charge in [-0.3, -0.25) is 20.4 Å². The summed E-state index contributed by atoms with van der Waals surface area (Å²) in [6.07, 6.45) is 2.33. The molecule has 9 heteroatoms. The zero-order valence-corrected chi connectivity index (χ0v) is 15.8. The predicted octanol–water partition coefficient (Wildman–Crippen LogP) is 3.47. The fraction of sp³-hybridized carbons (Fsp3) is 0.200. The van der Waals surface area contributed by atoms with Crippen molar-refractivity contribution in [3.05, 3.63) is 51.2 Å². The first kappa shape index (κ1) is 18.7. The Kier molecular flexibility index (Phi) is 7.01. The Morgan fingerprint density at radius 3 is 2.67 bits per heavy atom. The fourth-order valence-electron chi connectivity index (χ4n) is 1.66. The van der Waals surface area contributed by atoms with Gasteiger partial charge in [-0.05, 0) is 34.5 Å². The number of benzene rings is 1. The van der Waals surface area contributed by atoms with Gasteiger partial charge in [0.2, 0.25) is 0 Å². The quantitative estimate of drug-likeness (QED) is 0.432. The molecule has 2 rings (SSSR count). The molecule has 1 heterocycles. The number of aromatic nitrogens is 2. The van der Waals surface area contributed by atoms with E-state index in [4.69, 9.17) is 11.6 Å². The van der Waals surface area contributed by atoms with Crippen molar-refractivity contribution in [1.82, 2.24) is 20.8 Å². The molecule has 126 valence electrons. The standard InChI is InChI=1S/C15H14BrClN4O2S/c1-2-7-24-15-18-8-11(17)12(19-15)14(23)21-20-13(22)9-5-3-4-6-10(9)16/h3-6,8H,2,7H2,1H3,(H,20,22)(H,21,23).